The Morgan fingerprint density at radius 3 is 2.76 bits per heavy atom. The Labute approximate surface area is 103 Å². The molecular weight excluding hydrogens is 218 g/mol. The Bertz CT molecular complexity index is 281. The van der Waals surface area contributed by atoms with Gasteiger partial charge in [-0.05, 0) is 45.6 Å². The van der Waals surface area contributed by atoms with Crippen LogP contribution in [0.5, 0.6) is 0 Å². The second-order valence-corrected chi connectivity index (χ2v) is 5.35. The van der Waals surface area contributed by atoms with Gasteiger partial charge in [-0.1, -0.05) is 0 Å². The fraction of sp³-hybridized carbons (Fsp3) is 0.917. The van der Waals surface area contributed by atoms with E-state index >= 15 is 0 Å². The van der Waals surface area contributed by atoms with Crippen molar-refractivity contribution < 1.29 is 9.53 Å². The first-order chi connectivity index (χ1) is 8.11. The molecule has 2 aliphatic rings. The highest BCUT2D eigenvalue weighted by molar-refractivity contribution is 5.80. The highest BCUT2D eigenvalue weighted by Crippen LogP contribution is 2.35. The van der Waals surface area contributed by atoms with E-state index in [1.54, 1.807) is 0 Å². The molecule has 3 N–H and O–H groups in total. The van der Waals surface area contributed by atoms with Gasteiger partial charge in [0.25, 0.3) is 5.91 Å². The fourth-order valence-corrected chi connectivity index (χ4v) is 2.55. The third-order valence-electron chi connectivity index (χ3n) is 4.03. The van der Waals surface area contributed by atoms with Crippen LogP contribution in [0.1, 0.15) is 32.6 Å². The normalized spacial score (nSPS) is 30.6. The number of amides is 1. The van der Waals surface area contributed by atoms with Gasteiger partial charge in [-0.3, -0.25) is 10.2 Å². The smallest absolute Gasteiger partial charge is 0.263 e. The van der Waals surface area contributed by atoms with Gasteiger partial charge in [0.1, 0.15) is 6.10 Å². The molecule has 3 unspecified atom stereocenters. The van der Waals surface area contributed by atoms with E-state index in [4.69, 9.17) is 10.6 Å². The van der Waals surface area contributed by atoms with Crippen LogP contribution in [-0.2, 0) is 9.53 Å². The lowest BCUT2D eigenvalue weighted by Crippen LogP contribution is -2.41. The zero-order valence-electron chi connectivity index (χ0n) is 10.7. The molecule has 3 atom stereocenters. The van der Waals surface area contributed by atoms with Crippen LogP contribution in [0.4, 0.5) is 0 Å². The fourth-order valence-electron chi connectivity index (χ4n) is 2.55. The minimum Gasteiger partial charge on any atom is -0.364 e. The molecule has 0 aromatic heterocycles. The lowest BCUT2D eigenvalue weighted by Gasteiger charge is -2.27. The summed E-state index contributed by atoms with van der Waals surface area (Å²) in [5, 5.41) is 0. The van der Waals surface area contributed by atoms with Crippen molar-refractivity contribution in [1.82, 2.24) is 10.3 Å². The van der Waals surface area contributed by atoms with Gasteiger partial charge in [-0.25, -0.2) is 5.84 Å². The standard InChI is InChI=1S/C12H23N3O2/c1-8(9-3-4-9)15(2)7-10-5-6-11(17-10)12(16)14-13/h8-11H,3-7,13H2,1-2H3,(H,14,16). The maximum absolute atomic E-state index is 11.3. The average Bonchev–Trinajstić information content (AvgIpc) is 3.08. The zero-order valence-corrected chi connectivity index (χ0v) is 10.7. The van der Waals surface area contributed by atoms with Crippen molar-refractivity contribution in [1.29, 1.82) is 0 Å². The van der Waals surface area contributed by atoms with E-state index in [1.807, 2.05) is 0 Å². The molecule has 1 aliphatic heterocycles. The Morgan fingerprint density at radius 1 is 1.47 bits per heavy atom. The first-order valence-electron chi connectivity index (χ1n) is 6.48. The van der Waals surface area contributed by atoms with Crippen molar-refractivity contribution in [2.75, 3.05) is 13.6 Å². The monoisotopic (exact) mass is 241 g/mol. The first-order valence-corrected chi connectivity index (χ1v) is 6.48. The molecule has 0 spiro atoms. The molecule has 1 aliphatic carbocycles. The van der Waals surface area contributed by atoms with Crippen molar-refractivity contribution >= 4 is 5.91 Å². The van der Waals surface area contributed by atoms with Crippen molar-refractivity contribution in [3.63, 3.8) is 0 Å². The number of carbonyl (C=O) groups excluding carboxylic acids is 1. The van der Waals surface area contributed by atoms with E-state index in [2.05, 4.69) is 24.3 Å². The Balaban J connectivity index is 1.75. The largest absolute Gasteiger partial charge is 0.364 e. The molecule has 2 rings (SSSR count). The van der Waals surface area contributed by atoms with Gasteiger partial charge in [0.15, 0.2) is 0 Å². The summed E-state index contributed by atoms with van der Waals surface area (Å²) in [6.07, 6.45) is 4.25. The number of ether oxygens (including phenoxy) is 1. The molecular formula is C12H23N3O2. The van der Waals surface area contributed by atoms with Crippen LogP contribution in [0.25, 0.3) is 0 Å². The molecule has 1 saturated carbocycles. The molecule has 1 saturated heterocycles. The van der Waals surface area contributed by atoms with Crippen LogP contribution in [-0.4, -0.2) is 42.6 Å². The predicted molar refractivity (Wildman–Crippen MR) is 65.0 cm³/mol. The Morgan fingerprint density at radius 2 is 2.18 bits per heavy atom. The number of hydrogen-bond acceptors (Lipinski definition) is 4. The molecule has 0 radical (unpaired) electrons. The summed E-state index contributed by atoms with van der Waals surface area (Å²) in [6.45, 7) is 3.18. The highest BCUT2D eigenvalue weighted by atomic mass is 16.5. The van der Waals surface area contributed by atoms with Crippen LogP contribution >= 0.6 is 0 Å². The van der Waals surface area contributed by atoms with E-state index < -0.39 is 0 Å². The van der Waals surface area contributed by atoms with Crippen LogP contribution < -0.4 is 11.3 Å². The summed E-state index contributed by atoms with van der Waals surface area (Å²) in [7, 11) is 2.14. The molecule has 0 aromatic carbocycles. The van der Waals surface area contributed by atoms with Gasteiger partial charge in [0.05, 0.1) is 6.10 Å². The van der Waals surface area contributed by atoms with Crippen molar-refractivity contribution in [2.45, 2.75) is 50.9 Å². The van der Waals surface area contributed by atoms with Crippen LogP contribution in [0.2, 0.25) is 0 Å². The molecule has 0 bridgehead atoms. The second kappa shape index (κ2) is 5.33. The summed E-state index contributed by atoms with van der Waals surface area (Å²) in [5.41, 5.74) is 2.15. The molecule has 2 fully saturated rings. The van der Waals surface area contributed by atoms with Crippen molar-refractivity contribution in [3.05, 3.63) is 0 Å². The minimum absolute atomic E-state index is 0.170. The number of hydrogen-bond donors (Lipinski definition) is 2. The van der Waals surface area contributed by atoms with E-state index in [0.29, 0.717) is 6.04 Å². The number of hydrazine groups is 1. The summed E-state index contributed by atoms with van der Waals surface area (Å²) in [4.78, 5) is 13.7. The van der Waals surface area contributed by atoms with Gasteiger partial charge in [0, 0.05) is 12.6 Å². The van der Waals surface area contributed by atoms with Crippen LogP contribution in [0, 0.1) is 5.92 Å². The number of carbonyl (C=O) groups is 1. The van der Waals surface area contributed by atoms with E-state index in [-0.39, 0.29) is 18.1 Å². The minimum atomic E-state index is -0.352. The lowest BCUT2D eigenvalue weighted by atomic mass is 10.1. The van der Waals surface area contributed by atoms with Gasteiger partial charge in [-0.15, -0.1) is 0 Å². The third-order valence-corrected chi connectivity index (χ3v) is 4.03. The SMILES string of the molecule is CC(C1CC1)N(C)CC1CCC(C(=O)NN)O1. The summed E-state index contributed by atoms with van der Waals surface area (Å²) >= 11 is 0. The van der Waals surface area contributed by atoms with E-state index in [9.17, 15) is 4.79 Å². The first kappa shape index (κ1) is 12.8. The van der Waals surface area contributed by atoms with E-state index in [0.717, 1.165) is 25.3 Å². The summed E-state index contributed by atoms with van der Waals surface area (Å²) < 4.78 is 5.70. The van der Waals surface area contributed by atoms with Crippen molar-refractivity contribution in [3.8, 4) is 0 Å². The number of rotatable bonds is 5. The maximum atomic E-state index is 11.3. The van der Waals surface area contributed by atoms with Crippen molar-refractivity contribution in [2.24, 2.45) is 11.8 Å². The molecule has 1 amide bonds. The topological polar surface area (TPSA) is 67.6 Å². The highest BCUT2D eigenvalue weighted by Gasteiger charge is 2.34. The zero-order chi connectivity index (χ0) is 12.4. The molecule has 17 heavy (non-hydrogen) atoms. The number of nitrogens with two attached hydrogens (primary N) is 1. The molecule has 0 aromatic rings. The number of nitrogens with zero attached hydrogens (tertiary/aromatic N) is 1. The molecule has 98 valence electrons. The van der Waals surface area contributed by atoms with Gasteiger partial charge in [-0.2, -0.15) is 0 Å². The lowest BCUT2D eigenvalue weighted by molar-refractivity contribution is -0.132. The summed E-state index contributed by atoms with van der Waals surface area (Å²) in [5.74, 6) is 5.77. The Hall–Kier alpha value is -0.650. The molecule has 1 heterocycles. The maximum Gasteiger partial charge on any atom is 0.263 e. The molecule has 5 nitrogen and oxygen atoms in total. The van der Waals surface area contributed by atoms with E-state index in [1.165, 1.54) is 12.8 Å². The summed E-state index contributed by atoms with van der Waals surface area (Å²) in [6, 6.07) is 0.626. The number of nitrogens with one attached hydrogen (secondary N) is 1. The second-order valence-electron chi connectivity index (χ2n) is 5.35. The predicted octanol–water partition coefficient (Wildman–Crippen LogP) is 0.254. The van der Waals surface area contributed by atoms with Gasteiger partial charge < -0.3 is 9.64 Å². The van der Waals surface area contributed by atoms with Crippen LogP contribution in [0.15, 0.2) is 0 Å². The third kappa shape index (κ3) is 3.18. The Kier molecular flexibility index (Phi) is 4.01. The average molecular weight is 241 g/mol. The van der Waals surface area contributed by atoms with Gasteiger partial charge >= 0.3 is 0 Å². The van der Waals surface area contributed by atoms with Crippen LogP contribution in [0.3, 0.4) is 0 Å². The quantitative estimate of drug-likeness (QED) is 0.411. The number of likely N-dealkylation sites (N-methyl/N-ethyl adjacent to an activating group) is 1. The van der Waals surface area contributed by atoms with Gasteiger partial charge in [0.2, 0.25) is 0 Å². The molecule has 5 heteroatoms.